The topological polar surface area (TPSA) is 21.1 Å². The zero-order chi connectivity index (χ0) is 13.1. The summed E-state index contributed by atoms with van der Waals surface area (Å²) in [4.78, 5) is 2.33. The van der Waals surface area contributed by atoms with Crippen LogP contribution in [0.1, 0.15) is 22.4 Å². The molecule has 0 unspecified atom stereocenters. The average Bonchev–Trinajstić information content (AvgIpc) is 2.61. The first kappa shape index (κ1) is 12.8. The molecule has 3 heteroatoms. The van der Waals surface area contributed by atoms with Crippen LogP contribution in [0.3, 0.4) is 0 Å². The molecule has 0 amide bonds. The molecule has 0 aliphatic heterocycles. The number of hydrogen-bond acceptors (Lipinski definition) is 2. The first-order valence-corrected chi connectivity index (χ1v) is 6.28. The Morgan fingerprint density at radius 2 is 1.78 bits per heavy atom. The Kier molecular flexibility index (Phi) is 3.82. The highest BCUT2D eigenvalue weighted by Crippen LogP contribution is 2.13. The molecule has 0 bridgehead atoms. The van der Waals surface area contributed by atoms with Gasteiger partial charge in [0.05, 0.1) is 5.69 Å². The zero-order valence-corrected chi connectivity index (χ0v) is 11.6. The molecule has 1 aromatic carbocycles. The second-order valence-corrected chi connectivity index (χ2v) is 5.01. The summed E-state index contributed by atoms with van der Waals surface area (Å²) in [6, 6.07) is 8.55. The standard InChI is InChI=1S/C15H21N3/c1-12-7-5-6-8-14(12)9-17(3)10-15-11-18(4)16-13(15)2/h5-8,11H,9-10H2,1-4H3. The highest BCUT2D eigenvalue weighted by atomic mass is 15.3. The van der Waals surface area contributed by atoms with Gasteiger partial charge in [-0.3, -0.25) is 9.58 Å². The molecular weight excluding hydrogens is 222 g/mol. The Labute approximate surface area is 109 Å². The molecule has 0 fully saturated rings. The maximum atomic E-state index is 4.38. The molecule has 1 aromatic heterocycles. The molecule has 1 heterocycles. The van der Waals surface area contributed by atoms with Crippen molar-refractivity contribution in [2.45, 2.75) is 26.9 Å². The number of rotatable bonds is 4. The van der Waals surface area contributed by atoms with E-state index in [1.165, 1.54) is 16.7 Å². The summed E-state index contributed by atoms with van der Waals surface area (Å²) in [7, 11) is 4.12. The van der Waals surface area contributed by atoms with Gasteiger partial charge < -0.3 is 0 Å². The van der Waals surface area contributed by atoms with E-state index in [0.717, 1.165) is 18.8 Å². The first-order valence-electron chi connectivity index (χ1n) is 6.28. The molecule has 18 heavy (non-hydrogen) atoms. The summed E-state index contributed by atoms with van der Waals surface area (Å²) in [5.41, 5.74) is 5.16. The molecule has 0 atom stereocenters. The van der Waals surface area contributed by atoms with E-state index >= 15 is 0 Å². The van der Waals surface area contributed by atoms with Gasteiger partial charge in [-0.15, -0.1) is 0 Å². The van der Waals surface area contributed by atoms with Crippen LogP contribution < -0.4 is 0 Å². The predicted octanol–water partition coefficient (Wildman–Crippen LogP) is 2.67. The van der Waals surface area contributed by atoms with Crippen LogP contribution in [0.25, 0.3) is 0 Å². The fourth-order valence-corrected chi connectivity index (χ4v) is 2.23. The van der Waals surface area contributed by atoms with Crippen LogP contribution in [0, 0.1) is 13.8 Å². The van der Waals surface area contributed by atoms with Crippen LogP contribution in [-0.4, -0.2) is 21.7 Å². The summed E-state index contributed by atoms with van der Waals surface area (Å²) in [6.45, 7) is 6.14. The number of hydrogen-bond donors (Lipinski definition) is 0. The summed E-state index contributed by atoms with van der Waals surface area (Å²) in [6.07, 6.45) is 2.10. The van der Waals surface area contributed by atoms with E-state index in [4.69, 9.17) is 0 Å². The van der Waals surface area contributed by atoms with E-state index in [9.17, 15) is 0 Å². The molecule has 0 spiro atoms. The SMILES string of the molecule is Cc1ccccc1CN(C)Cc1cn(C)nc1C. The molecule has 0 aliphatic rings. The van der Waals surface area contributed by atoms with E-state index < -0.39 is 0 Å². The minimum Gasteiger partial charge on any atom is -0.298 e. The molecule has 3 nitrogen and oxygen atoms in total. The Balaban J connectivity index is 2.03. The second kappa shape index (κ2) is 5.36. The van der Waals surface area contributed by atoms with Crippen molar-refractivity contribution in [3.8, 4) is 0 Å². The van der Waals surface area contributed by atoms with Crippen LogP contribution in [0.15, 0.2) is 30.5 Å². The maximum Gasteiger partial charge on any atom is 0.0638 e. The number of nitrogens with zero attached hydrogens (tertiary/aromatic N) is 3. The van der Waals surface area contributed by atoms with Gasteiger partial charge in [0.1, 0.15) is 0 Å². The van der Waals surface area contributed by atoms with E-state index in [1.54, 1.807) is 0 Å². The molecule has 0 radical (unpaired) electrons. The smallest absolute Gasteiger partial charge is 0.0638 e. The summed E-state index contributed by atoms with van der Waals surface area (Å²) in [5, 5.41) is 4.38. The van der Waals surface area contributed by atoms with Gasteiger partial charge in [0.25, 0.3) is 0 Å². The Bertz CT molecular complexity index is 528. The van der Waals surface area contributed by atoms with Crippen LogP contribution in [0.4, 0.5) is 0 Å². The van der Waals surface area contributed by atoms with Crippen molar-refractivity contribution in [1.29, 1.82) is 0 Å². The lowest BCUT2D eigenvalue weighted by Gasteiger charge is -2.17. The van der Waals surface area contributed by atoms with Gasteiger partial charge in [-0.05, 0) is 32.0 Å². The lowest BCUT2D eigenvalue weighted by atomic mass is 10.1. The Morgan fingerprint density at radius 3 is 2.39 bits per heavy atom. The molecule has 0 saturated carbocycles. The number of aromatic nitrogens is 2. The highest BCUT2D eigenvalue weighted by molar-refractivity contribution is 5.25. The van der Waals surface area contributed by atoms with Crippen molar-refractivity contribution < 1.29 is 0 Å². The van der Waals surface area contributed by atoms with Gasteiger partial charge in [-0.1, -0.05) is 24.3 Å². The maximum absolute atomic E-state index is 4.38. The summed E-state index contributed by atoms with van der Waals surface area (Å²) >= 11 is 0. The van der Waals surface area contributed by atoms with Gasteiger partial charge in [0.2, 0.25) is 0 Å². The van der Waals surface area contributed by atoms with E-state index in [-0.39, 0.29) is 0 Å². The minimum absolute atomic E-state index is 0.938. The van der Waals surface area contributed by atoms with Crippen molar-refractivity contribution in [3.05, 3.63) is 52.8 Å². The van der Waals surface area contributed by atoms with E-state index in [1.807, 2.05) is 11.7 Å². The fraction of sp³-hybridized carbons (Fsp3) is 0.400. The van der Waals surface area contributed by atoms with Crippen molar-refractivity contribution >= 4 is 0 Å². The van der Waals surface area contributed by atoms with E-state index in [0.29, 0.717) is 0 Å². The van der Waals surface area contributed by atoms with Gasteiger partial charge in [-0.25, -0.2) is 0 Å². The first-order chi connectivity index (χ1) is 8.56. The predicted molar refractivity (Wildman–Crippen MR) is 74.3 cm³/mol. The van der Waals surface area contributed by atoms with E-state index in [2.05, 4.69) is 61.4 Å². The third kappa shape index (κ3) is 2.99. The monoisotopic (exact) mass is 243 g/mol. The highest BCUT2D eigenvalue weighted by Gasteiger charge is 2.08. The van der Waals surface area contributed by atoms with Crippen LogP contribution in [0.2, 0.25) is 0 Å². The number of aryl methyl sites for hydroxylation is 3. The van der Waals surface area contributed by atoms with Gasteiger partial charge >= 0.3 is 0 Å². The van der Waals surface area contributed by atoms with Crippen molar-refractivity contribution in [2.24, 2.45) is 7.05 Å². The Hall–Kier alpha value is -1.61. The lowest BCUT2D eigenvalue weighted by Crippen LogP contribution is -2.18. The third-order valence-corrected chi connectivity index (χ3v) is 3.26. The molecule has 96 valence electrons. The molecule has 2 rings (SSSR count). The van der Waals surface area contributed by atoms with Crippen LogP contribution >= 0.6 is 0 Å². The quantitative estimate of drug-likeness (QED) is 0.823. The number of benzene rings is 1. The normalized spacial score (nSPS) is 11.2. The molecule has 0 saturated heterocycles. The van der Waals surface area contributed by atoms with Crippen molar-refractivity contribution in [1.82, 2.24) is 14.7 Å². The average molecular weight is 243 g/mol. The van der Waals surface area contributed by atoms with Crippen LogP contribution in [0.5, 0.6) is 0 Å². The molecular formula is C15H21N3. The Morgan fingerprint density at radius 1 is 1.11 bits per heavy atom. The second-order valence-electron chi connectivity index (χ2n) is 5.01. The van der Waals surface area contributed by atoms with Crippen molar-refractivity contribution in [2.75, 3.05) is 7.05 Å². The third-order valence-electron chi connectivity index (χ3n) is 3.26. The molecule has 2 aromatic rings. The minimum atomic E-state index is 0.938. The van der Waals surface area contributed by atoms with Crippen molar-refractivity contribution in [3.63, 3.8) is 0 Å². The zero-order valence-electron chi connectivity index (χ0n) is 11.6. The summed E-state index contributed by atoms with van der Waals surface area (Å²) in [5.74, 6) is 0. The van der Waals surface area contributed by atoms with Gasteiger partial charge in [0, 0.05) is 31.9 Å². The van der Waals surface area contributed by atoms with Gasteiger partial charge in [0.15, 0.2) is 0 Å². The fourth-order valence-electron chi connectivity index (χ4n) is 2.23. The molecule has 0 aliphatic carbocycles. The largest absolute Gasteiger partial charge is 0.298 e. The van der Waals surface area contributed by atoms with Gasteiger partial charge in [-0.2, -0.15) is 5.10 Å². The lowest BCUT2D eigenvalue weighted by molar-refractivity contribution is 0.317. The van der Waals surface area contributed by atoms with Crippen LogP contribution in [-0.2, 0) is 20.1 Å². The molecule has 0 N–H and O–H groups in total. The summed E-state index contributed by atoms with van der Waals surface area (Å²) < 4.78 is 1.88.